The van der Waals surface area contributed by atoms with Gasteiger partial charge in [0.15, 0.2) is 5.75 Å². The van der Waals surface area contributed by atoms with Crippen LogP contribution >= 0.6 is 0 Å². The van der Waals surface area contributed by atoms with Crippen molar-refractivity contribution in [2.45, 2.75) is 19.9 Å². The Balaban J connectivity index is 2.69. The molecule has 0 spiro atoms. The van der Waals surface area contributed by atoms with E-state index < -0.39 is 4.92 Å². The summed E-state index contributed by atoms with van der Waals surface area (Å²) in [4.78, 5) is 10.6. The van der Waals surface area contributed by atoms with Crippen molar-refractivity contribution in [3.05, 3.63) is 33.9 Å². The molecule has 0 aromatic heterocycles. The zero-order valence-corrected chi connectivity index (χ0v) is 11.3. The normalized spacial score (nSPS) is 10.4. The summed E-state index contributed by atoms with van der Waals surface area (Å²) in [7, 11) is 1.63. The minimum Gasteiger partial charge on any atom is -0.487 e. The van der Waals surface area contributed by atoms with Gasteiger partial charge in [0.25, 0.3) is 0 Å². The van der Waals surface area contributed by atoms with Crippen LogP contribution in [-0.4, -0.2) is 31.8 Å². The van der Waals surface area contributed by atoms with Crippen molar-refractivity contribution < 1.29 is 14.4 Å². The largest absolute Gasteiger partial charge is 0.487 e. The number of hydrogen-bond donors (Lipinski definition) is 1. The van der Waals surface area contributed by atoms with Crippen molar-refractivity contribution in [1.29, 1.82) is 0 Å². The third kappa shape index (κ3) is 5.23. The van der Waals surface area contributed by atoms with E-state index in [1.807, 2.05) is 13.0 Å². The van der Waals surface area contributed by atoms with Crippen molar-refractivity contribution in [1.82, 2.24) is 5.32 Å². The molecule has 0 radical (unpaired) electrons. The number of ether oxygens (including phenoxy) is 2. The number of benzene rings is 1. The van der Waals surface area contributed by atoms with Gasteiger partial charge in [0, 0.05) is 26.3 Å². The van der Waals surface area contributed by atoms with Crippen LogP contribution in [0, 0.1) is 10.1 Å². The van der Waals surface area contributed by atoms with E-state index in [9.17, 15) is 10.1 Å². The molecule has 0 saturated heterocycles. The Morgan fingerprint density at radius 1 is 1.37 bits per heavy atom. The van der Waals surface area contributed by atoms with Gasteiger partial charge in [-0.25, -0.2) is 0 Å². The lowest BCUT2D eigenvalue weighted by Gasteiger charge is -2.08. The highest BCUT2D eigenvalue weighted by molar-refractivity contribution is 5.48. The van der Waals surface area contributed by atoms with Gasteiger partial charge in [-0.15, -0.1) is 0 Å². The topological polar surface area (TPSA) is 73.6 Å². The van der Waals surface area contributed by atoms with Crippen LogP contribution in [0.25, 0.3) is 0 Å². The SMILES string of the molecule is CCCOc1ccc(CNCCOC)cc1[N+](=O)[O-]. The van der Waals surface area contributed by atoms with Gasteiger partial charge in [0.1, 0.15) is 0 Å². The molecule has 0 atom stereocenters. The van der Waals surface area contributed by atoms with Gasteiger partial charge in [0.05, 0.1) is 18.1 Å². The highest BCUT2D eigenvalue weighted by atomic mass is 16.6. The fourth-order valence-corrected chi connectivity index (χ4v) is 1.56. The molecule has 1 rings (SSSR count). The molecular weight excluding hydrogens is 248 g/mol. The summed E-state index contributed by atoms with van der Waals surface area (Å²) < 4.78 is 10.3. The second kappa shape index (κ2) is 8.44. The fraction of sp³-hybridized carbons (Fsp3) is 0.538. The Labute approximate surface area is 112 Å². The van der Waals surface area contributed by atoms with E-state index in [4.69, 9.17) is 9.47 Å². The van der Waals surface area contributed by atoms with Gasteiger partial charge >= 0.3 is 5.69 Å². The van der Waals surface area contributed by atoms with Crippen LogP contribution in [0.5, 0.6) is 5.75 Å². The van der Waals surface area contributed by atoms with Crippen LogP contribution in [0.2, 0.25) is 0 Å². The molecule has 19 heavy (non-hydrogen) atoms. The van der Waals surface area contributed by atoms with Crippen LogP contribution in [-0.2, 0) is 11.3 Å². The lowest BCUT2D eigenvalue weighted by atomic mass is 10.2. The second-order valence-corrected chi connectivity index (χ2v) is 4.08. The molecule has 106 valence electrons. The van der Waals surface area contributed by atoms with E-state index in [0.717, 1.165) is 12.0 Å². The first-order chi connectivity index (χ1) is 9.19. The maximum absolute atomic E-state index is 11.0. The van der Waals surface area contributed by atoms with E-state index in [2.05, 4.69) is 5.32 Å². The molecule has 0 heterocycles. The number of rotatable bonds is 9. The number of methoxy groups -OCH3 is 1. The van der Waals surface area contributed by atoms with Gasteiger partial charge in [-0.1, -0.05) is 13.0 Å². The first-order valence-corrected chi connectivity index (χ1v) is 6.28. The molecule has 0 unspecified atom stereocenters. The average Bonchev–Trinajstić information content (AvgIpc) is 2.41. The molecule has 0 bridgehead atoms. The van der Waals surface area contributed by atoms with E-state index in [1.54, 1.807) is 19.2 Å². The molecule has 6 heteroatoms. The minimum absolute atomic E-state index is 0.0134. The van der Waals surface area contributed by atoms with Gasteiger partial charge in [0.2, 0.25) is 0 Å². The Kier molecular flexibility index (Phi) is 6.84. The van der Waals surface area contributed by atoms with Gasteiger partial charge in [-0.05, 0) is 18.1 Å². The number of nitrogens with zero attached hydrogens (tertiary/aromatic N) is 1. The zero-order valence-electron chi connectivity index (χ0n) is 11.3. The summed E-state index contributed by atoms with van der Waals surface area (Å²) in [5, 5.41) is 14.1. The summed E-state index contributed by atoms with van der Waals surface area (Å²) in [6, 6.07) is 5.03. The van der Waals surface area contributed by atoms with Crippen LogP contribution in [0.1, 0.15) is 18.9 Å². The zero-order chi connectivity index (χ0) is 14.1. The number of nitrogens with one attached hydrogen (secondary N) is 1. The first-order valence-electron chi connectivity index (χ1n) is 6.28. The van der Waals surface area contributed by atoms with Gasteiger partial charge < -0.3 is 14.8 Å². The van der Waals surface area contributed by atoms with Gasteiger partial charge in [-0.3, -0.25) is 10.1 Å². The Morgan fingerprint density at radius 3 is 2.79 bits per heavy atom. The summed E-state index contributed by atoms with van der Waals surface area (Å²) in [5.74, 6) is 0.326. The molecule has 0 aliphatic heterocycles. The number of nitro groups is 1. The second-order valence-electron chi connectivity index (χ2n) is 4.08. The summed E-state index contributed by atoms with van der Waals surface area (Å²) in [6.45, 7) is 4.32. The monoisotopic (exact) mass is 268 g/mol. The van der Waals surface area contributed by atoms with E-state index in [1.165, 1.54) is 0 Å². The Hall–Kier alpha value is -1.66. The minimum atomic E-state index is -0.413. The van der Waals surface area contributed by atoms with E-state index in [0.29, 0.717) is 32.1 Å². The van der Waals surface area contributed by atoms with E-state index >= 15 is 0 Å². The summed E-state index contributed by atoms with van der Waals surface area (Å²) in [6.07, 6.45) is 0.817. The Morgan fingerprint density at radius 2 is 2.16 bits per heavy atom. The molecule has 1 aromatic rings. The summed E-state index contributed by atoms with van der Waals surface area (Å²) in [5.41, 5.74) is 0.867. The van der Waals surface area contributed by atoms with Crippen molar-refractivity contribution in [3.8, 4) is 5.75 Å². The van der Waals surface area contributed by atoms with Crippen molar-refractivity contribution in [2.75, 3.05) is 26.9 Å². The van der Waals surface area contributed by atoms with Crippen molar-refractivity contribution in [2.24, 2.45) is 0 Å². The fourth-order valence-electron chi connectivity index (χ4n) is 1.56. The molecule has 0 fully saturated rings. The lowest BCUT2D eigenvalue weighted by molar-refractivity contribution is -0.385. The highest BCUT2D eigenvalue weighted by Crippen LogP contribution is 2.28. The third-order valence-electron chi connectivity index (χ3n) is 2.49. The lowest BCUT2D eigenvalue weighted by Crippen LogP contribution is -2.18. The third-order valence-corrected chi connectivity index (χ3v) is 2.49. The predicted molar refractivity (Wildman–Crippen MR) is 72.5 cm³/mol. The molecule has 0 aliphatic rings. The smallest absolute Gasteiger partial charge is 0.311 e. The van der Waals surface area contributed by atoms with Crippen molar-refractivity contribution >= 4 is 5.69 Å². The molecule has 0 amide bonds. The van der Waals surface area contributed by atoms with Crippen LogP contribution < -0.4 is 10.1 Å². The molecular formula is C13H20N2O4. The van der Waals surface area contributed by atoms with E-state index in [-0.39, 0.29) is 5.69 Å². The van der Waals surface area contributed by atoms with Crippen molar-refractivity contribution in [3.63, 3.8) is 0 Å². The van der Waals surface area contributed by atoms with Crippen LogP contribution in [0.4, 0.5) is 5.69 Å². The van der Waals surface area contributed by atoms with Crippen LogP contribution in [0.3, 0.4) is 0 Å². The summed E-state index contributed by atoms with van der Waals surface area (Å²) >= 11 is 0. The highest BCUT2D eigenvalue weighted by Gasteiger charge is 2.15. The maximum atomic E-state index is 11.0. The van der Waals surface area contributed by atoms with Gasteiger partial charge in [-0.2, -0.15) is 0 Å². The number of hydrogen-bond acceptors (Lipinski definition) is 5. The molecule has 6 nitrogen and oxygen atoms in total. The first kappa shape index (κ1) is 15.4. The molecule has 0 saturated carbocycles. The standard InChI is InChI=1S/C13H20N2O4/c1-3-7-19-13-5-4-11(9-12(13)15(16)17)10-14-6-8-18-2/h4-5,9,14H,3,6-8,10H2,1-2H3. The number of nitro benzene ring substituents is 1. The quantitative estimate of drug-likeness (QED) is 0.422. The molecule has 1 aromatic carbocycles. The maximum Gasteiger partial charge on any atom is 0.311 e. The van der Waals surface area contributed by atoms with Crippen LogP contribution in [0.15, 0.2) is 18.2 Å². The average molecular weight is 268 g/mol. The molecule has 0 aliphatic carbocycles. The Bertz CT molecular complexity index is 410. The predicted octanol–water partition coefficient (Wildman–Crippen LogP) is 2.12. The molecule has 1 N–H and O–H groups in total.